The average Bonchev–Trinajstić information content (AvgIpc) is 3.51. The van der Waals surface area contributed by atoms with Crippen LogP contribution in [0.3, 0.4) is 0 Å². The van der Waals surface area contributed by atoms with E-state index in [1.165, 1.54) is 64.3 Å². The minimum atomic E-state index is -0.448. The zero-order chi connectivity index (χ0) is 26.5. The van der Waals surface area contributed by atoms with Crippen LogP contribution in [0.5, 0.6) is 0 Å². The highest BCUT2D eigenvalue weighted by Gasteiger charge is 2.17. The van der Waals surface area contributed by atoms with Gasteiger partial charge in [-0.3, -0.25) is 0 Å². The maximum Gasteiger partial charge on any atom is 0.0128 e. The summed E-state index contributed by atoms with van der Waals surface area (Å²) in [6.45, 7) is 0. The maximum absolute atomic E-state index is 2.36. The minimum Gasteiger partial charge on any atom is -0.104 e. The second kappa shape index (κ2) is 9.83. The highest BCUT2D eigenvalue weighted by atomic mass is 31.1. The van der Waals surface area contributed by atoms with Crippen LogP contribution >= 0.6 is 15.1 Å². The van der Waals surface area contributed by atoms with Crippen molar-refractivity contribution in [3.8, 4) is 11.1 Å². The third kappa shape index (κ3) is 3.83. The van der Waals surface area contributed by atoms with Crippen molar-refractivity contribution in [2.75, 3.05) is 0 Å². The second-order valence-corrected chi connectivity index (χ2v) is 14.8. The summed E-state index contributed by atoms with van der Waals surface area (Å²) in [6.07, 6.45) is 2.13. The Hall–Kier alpha value is -4.08. The van der Waals surface area contributed by atoms with E-state index in [1.54, 1.807) is 0 Å². The normalized spacial score (nSPS) is 11.7. The third-order valence-electron chi connectivity index (χ3n) is 8.34. The fraction of sp³-hybridized carbons (Fsp3) is 0.0526. The van der Waals surface area contributed by atoms with Crippen molar-refractivity contribution in [1.29, 1.82) is 0 Å². The quantitative estimate of drug-likeness (QED) is 0.201. The molecule has 0 aliphatic carbocycles. The van der Waals surface area contributed by atoms with Gasteiger partial charge in [-0.15, -0.1) is 15.1 Å². The van der Waals surface area contributed by atoms with Crippen molar-refractivity contribution < 1.29 is 0 Å². The van der Waals surface area contributed by atoms with Gasteiger partial charge >= 0.3 is 0 Å². The van der Waals surface area contributed by atoms with Gasteiger partial charge in [0.05, 0.1) is 0 Å². The van der Waals surface area contributed by atoms with E-state index in [0.29, 0.717) is 0 Å². The predicted molar refractivity (Wildman–Crippen MR) is 178 cm³/mol. The molecular weight excluding hydrogens is 518 g/mol. The SMILES string of the molecule is c1ccc(-c2ccccc2Cp2c3ccccc3c3ccccc32)c(Cp2c3ccccc3c3ccccc32)c1. The monoisotopic (exact) mass is 546 g/mol. The fourth-order valence-corrected chi connectivity index (χ4v) is 12.0. The highest BCUT2D eigenvalue weighted by Crippen LogP contribution is 2.53. The van der Waals surface area contributed by atoms with Gasteiger partial charge in [-0.25, -0.2) is 0 Å². The van der Waals surface area contributed by atoms with Gasteiger partial charge in [-0.05, 0) is 43.8 Å². The first-order valence-corrected chi connectivity index (χ1v) is 17.0. The average molecular weight is 547 g/mol. The maximum atomic E-state index is 2.36. The van der Waals surface area contributed by atoms with E-state index >= 15 is 0 Å². The van der Waals surface area contributed by atoms with Crippen molar-refractivity contribution in [3.63, 3.8) is 0 Å². The molecule has 0 saturated carbocycles. The van der Waals surface area contributed by atoms with Crippen LogP contribution in [0, 0.1) is 0 Å². The van der Waals surface area contributed by atoms with Crippen LogP contribution in [0.4, 0.5) is 0 Å². The summed E-state index contributed by atoms with van der Waals surface area (Å²) in [5, 5.41) is 11.8. The summed E-state index contributed by atoms with van der Waals surface area (Å²) in [4.78, 5) is 0. The van der Waals surface area contributed by atoms with E-state index in [-0.39, 0.29) is 0 Å². The van der Waals surface area contributed by atoms with E-state index in [0.717, 1.165) is 12.3 Å². The van der Waals surface area contributed by atoms with Crippen LogP contribution in [-0.4, -0.2) is 0 Å². The lowest BCUT2D eigenvalue weighted by atomic mass is 9.97. The van der Waals surface area contributed by atoms with Gasteiger partial charge in [0, 0.05) is 32.8 Å². The number of hydrogen-bond donors (Lipinski definition) is 0. The van der Waals surface area contributed by atoms with Crippen molar-refractivity contribution in [1.82, 2.24) is 0 Å². The Morgan fingerprint density at radius 2 is 0.575 bits per heavy atom. The number of rotatable bonds is 5. The van der Waals surface area contributed by atoms with Crippen LogP contribution in [0.25, 0.3) is 53.1 Å². The zero-order valence-electron chi connectivity index (χ0n) is 22.2. The van der Waals surface area contributed by atoms with E-state index in [4.69, 9.17) is 0 Å². The minimum absolute atomic E-state index is 0.448. The first kappa shape index (κ1) is 23.8. The van der Waals surface area contributed by atoms with Gasteiger partial charge in [0.2, 0.25) is 0 Å². The molecular formula is C38H28P2. The van der Waals surface area contributed by atoms with Crippen LogP contribution in [0.2, 0.25) is 0 Å². The summed E-state index contributed by atoms with van der Waals surface area (Å²) < 4.78 is 0. The van der Waals surface area contributed by atoms with Gasteiger partial charge in [0.15, 0.2) is 0 Å². The molecule has 0 bridgehead atoms. The Bertz CT molecular complexity index is 1910. The summed E-state index contributed by atoms with van der Waals surface area (Å²) in [6, 6.07) is 54.5. The molecule has 190 valence electrons. The van der Waals surface area contributed by atoms with Gasteiger partial charge in [0.25, 0.3) is 0 Å². The van der Waals surface area contributed by atoms with Crippen molar-refractivity contribution in [2.45, 2.75) is 12.3 Å². The van der Waals surface area contributed by atoms with E-state index in [1.807, 2.05) is 0 Å². The van der Waals surface area contributed by atoms with Crippen molar-refractivity contribution in [2.24, 2.45) is 0 Å². The topological polar surface area (TPSA) is 0 Å². The molecule has 0 atom stereocenters. The van der Waals surface area contributed by atoms with Crippen LogP contribution in [0.1, 0.15) is 11.1 Å². The van der Waals surface area contributed by atoms with Gasteiger partial charge in [0.1, 0.15) is 0 Å². The van der Waals surface area contributed by atoms with Crippen LogP contribution in [0.15, 0.2) is 146 Å². The first-order chi connectivity index (χ1) is 19.9. The number of hydrogen-bond acceptors (Lipinski definition) is 0. The molecule has 6 aromatic carbocycles. The predicted octanol–water partition coefficient (Wildman–Crippen LogP) is 12.0. The lowest BCUT2D eigenvalue weighted by Crippen LogP contribution is -1.92. The van der Waals surface area contributed by atoms with Crippen LogP contribution < -0.4 is 0 Å². The Labute approximate surface area is 236 Å². The molecule has 8 rings (SSSR count). The summed E-state index contributed by atoms with van der Waals surface area (Å²) in [5.74, 6) is 0. The Morgan fingerprint density at radius 3 is 0.925 bits per heavy atom. The lowest BCUT2D eigenvalue weighted by molar-refractivity contribution is 1.36. The van der Waals surface area contributed by atoms with Crippen molar-refractivity contribution >= 4 is 57.1 Å². The number of fused-ring (bicyclic) bond motifs is 6. The molecule has 2 heterocycles. The Balaban J connectivity index is 1.27. The molecule has 0 fully saturated rings. The van der Waals surface area contributed by atoms with E-state index < -0.39 is 15.1 Å². The molecule has 8 aromatic rings. The van der Waals surface area contributed by atoms with E-state index in [2.05, 4.69) is 146 Å². The Morgan fingerprint density at radius 1 is 0.300 bits per heavy atom. The molecule has 0 unspecified atom stereocenters. The molecule has 0 nitrogen and oxygen atoms in total. The van der Waals surface area contributed by atoms with Gasteiger partial charge < -0.3 is 0 Å². The van der Waals surface area contributed by atoms with Crippen LogP contribution in [-0.2, 0) is 12.3 Å². The standard InChI is InChI=1S/C38H28P2/c1-3-15-29(27(13-1)25-39-35-21-9-5-17-31(35)32-18-6-10-22-36(32)39)30-16-4-2-14-28(30)26-40-37-23-11-7-19-33(37)34-20-8-12-24-38(34)40/h1-24H,25-26H2. The summed E-state index contributed by atoms with van der Waals surface area (Å²) >= 11 is 0. The first-order valence-electron chi connectivity index (χ1n) is 13.9. The molecule has 0 aliphatic heterocycles. The third-order valence-corrected chi connectivity index (χ3v) is 13.5. The molecule has 0 radical (unpaired) electrons. The molecule has 0 amide bonds. The molecule has 0 aliphatic rings. The number of benzene rings is 6. The largest absolute Gasteiger partial charge is 0.104 e. The molecule has 0 saturated heterocycles. The van der Waals surface area contributed by atoms with Gasteiger partial charge in [-0.2, -0.15) is 0 Å². The lowest BCUT2D eigenvalue weighted by Gasteiger charge is -2.15. The molecule has 0 N–H and O–H groups in total. The van der Waals surface area contributed by atoms with Crippen molar-refractivity contribution in [3.05, 3.63) is 157 Å². The molecule has 2 heteroatoms. The van der Waals surface area contributed by atoms with E-state index in [9.17, 15) is 0 Å². The second-order valence-electron chi connectivity index (χ2n) is 10.6. The smallest absolute Gasteiger partial charge is 0.0128 e. The zero-order valence-corrected chi connectivity index (χ0v) is 24.0. The molecule has 40 heavy (non-hydrogen) atoms. The molecule has 2 aromatic heterocycles. The fourth-order valence-electron chi connectivity index (χ4n) is 6.53. The highest BCUT2D eigenvalue weighted by molar-refractivity contribution is 7.61. The summed E-state index contributed by atoms with van der Waals surface area (Å²) in [7, 11) is -0.895. The molecule has 0 spiro atoms. The van der Waals surface area contributed by atoms with Gasteiger partial charge in [-0.1, -0.05) is 146 Å². The summed E-state index contributed by atoms with van der Waals surface area (Å²) in [5.41, 5.74) is 5.68. The Kier molecular flexibility index (Phi) is 5.85.